The number of para-hydroxylation sites is 2. The number of hydrogen-bond donors (Lipinski definition) is 0. The van der Waals surface area contributed by atoms with E-state index in [1.807, 2.05) is 29.2 Å². The summed E-state index contributed by atoms with van der Waals surface area (Å²) in [5.74, 6) is 1.90. The zero-order chi connectivity index (χ0) is 13.7. The predicted octanol–water partition coefficient (Wildman–Crippen LogP) is 2.30. The first kappa shape index (κ1) is 14.2. The molecule has 1 fully saturated rings. The molecule has 1 heterocycles. The Bertz CT molecular complexity index is 444. The quantitative estimate of drug-likeness (QED) is 0.594. The van der Waals surface area contributed by atoms with Crippen LogP contribution >= 0.6 is 23.8 Å². The summed E-state index contributed by atoms with van der Waals surface area (Å²) in [4.78, 5) is 1.96. The van der Waals surface area contributed by atoms with Crippen LogP contribution in [0.5, 0.6) is 11.5 Å². The minimum absolute atomic E-state index is 0.0135. The third kappa shape index (κ3) is 3.64. The molecule has 0 amide bonds. The molecule has 0 saturated carbocycles. The Kier molecular flexibility index (Phi) is 5.10. The number of ether oxygens (including phenoxy) is 3. The highest BCUT2D eigenvalue weighted by Gasteiger charge is 2.27. The van der Waals surface area contributed by atoms with Gasteiger partial charge in [-0.05, 0) is 24.4 Å². The van der Waals surface area contributed by atoms with Crippen molar-refractivity contribution in [2.75, 3.05) is 32.7 Å². The monoisotopic (exact) mass is 301 g/mol. The van der Waals surface area contributed by atoms with Crippen molar-refractivity contribution in [1.82, 2.24) is 4.90 Å². The number of rotatable bonds is 6. The summed E-state index contributed by atoms with van der Waals surface area (Å²) in [5.41, 5.74) is 0. The van der Waals surface area contributed by atoms with E-state index in [4.69, 9.17) is 38.0 Å². The van der Waals surface area contributed by atoms with Gasteiger partial charge in [0, 0.05) is 0 Å². The summed E-state index contributed by atoms with van der Waals surface area (Å²) in [6.45, 7) is 1.90. The van der Waals surface area contributed by atoms with Crippen molar-refractivity contribution in [1.29, 1.82) is 0 Å². The molecule has 6 heteroatoms. The lowest BCUT2D eigenvalue weighted by Crippen LogP contribution is -2.29. The zero-order valence-electron chi connectivity index (χ0n) is 10.7. The lowest BCUT2D eigenvalue weighted by molar-refractivity contribution is 0.253. The van der Waals surface area contributed by atoms with Crippen LogP contribution < -0.4 is 9.47 Å². The van der Waals surface area contributed by atoms with E-state index in [-0.39, 0.29) is 6.10 Å². The third-order valence-electron chi connectivity index (χ3n) is 2.81. The molecular formula is C13H16ClNO3S. The average Bonchev–Trinajstić information content (AvgIpc) is 2.80. The number of halogens is 1. The van der Waals surface area contributed by atoms with Crippen molar-refractivity contribution in [3.63, 3.8) is 0 Å². The van der Waals surface area contributed by atoms with Gasteiger partial charge in [-0.1, -0.05) is 12.1 Å². The summed E-state index contributed by atoms with van der Waals surface area (Å²) in [6.07, 6.45) is -0.0135. The number of benzene rings is 1. The van der Waals surface area contributed by atoms with E-state index in [9.17, 15) is 0 Å². The van der Waals surface area contributed by atoms with Gasteiger partial charge < -0.3 is 19.1 Å². The molecule has 0 bridgehead atoms. The molecule has 4 nitrogen and oxygen atoms in total. The fraction of sp³-hybridized carbons (Fsp3) is 0.462. The van der Waals surface area contributed by atoms with Crippen molar-refractivity contribution in [2.45, 2.75) is 6.10 Å². The van der Waals surface area contributed by atoms with Crippen LogP contribution in [0.15, 0.2) is 24.3 Å². The lowest BCUT2D eigenvalue weighted by Gasteiger charge is -2.16. The molecule has 0 aliphatic carbocycles. The summed E-state index contributed by atoms with van der Waals surface area (Å²) >= 11 is 10.9. The van der Waals surface area contributed by atoms with Crippen molar-refractivity contribution in [3.8, 4) is 11.5 Å². The van der Waals surface area contributed by atoms with Crippen LogP contribution in [0.2, 0.25) is 0 Å². The maximum Gasteiger partial charge on any atom is 0.259 e. The highest BCUT2D eigenvalue weighted by atomic mass is 35.5. The first-order valence-electron chi connectivity index (χ1n) is 6.02. The second kappa shape index (κ2) is 6.82. The van der Waals surface area contributed by atoms with Gasteiger partial charge in [0.05, 0.1) is 26.1 Å². The minimum atomic E-state index is -0.0135. The van der Waals surface area contributed by atoms with Crippen molar-refractivity contribution in [3.05, 3.63) is 24.3 Å². The molecule has 1 aromatic carbocycles. The molecule has 0 spiro atoms. The largest absolute Gasteiger partial charge is 0.493 e. The second-order valence-electron chi connectivity index (χ2n) is 4.11. The third-order valence-corrected chi connectivity index (χ3v) is 3.51. The first-order valence-corrected chi connectivity index (χ1v) is 6.96. The van der Waals surface area contributed by atoms with Gasteiger partial charge in [0.25, 0.3) is 5.17 Å². The number of alkyl halides is 1. The van der Waals surface area contributed by atoms with Crippen LogP contribution in [0.25, 0.3) is 0 Å². The summed E-state index contributed by atoms with van der Waals surface area (Å²) in [7, 11) is 1.62. The molecule has 19 heavy (non-hydrogen) atoms. The molecular weight excluding hydrogens is 286 g/mol. The van der Waals surface area contributed by atoms with Crippen LogP contribution in [0, 0.1) is 0 Å². The van der Waals surface area contributed by atoms with Gasteiger partial charge in [-0.2, -0.15) is 0 Å². The highest BCUT2D eigenvalue weighted by molar-refractivity contribution is 7.80. The normalized spacial score (nSPS) is 18.3. The van der Waals surface area contributed by atoms with Gasteiger partial charge in [0.15, 0.2) is 11.5 Å². The lowest BCUT2D eigenvalue weighted by atomic mass is 10.3. The van der Waals surface area contributed by atoms with Crippen molar-refractivity contribution < 1.29 is 14.2 Å². The van der Waals surface area contributed by atoms with Crippen LogP contribution in [0.1, 0.15) is 0 Å². The maximum absolute atomic E-state index is 5.75. The second-order valence-corrected chi connectivity index (χ2v) is 4.76. The van der Waals surface area contributed by atoms with Crippen LogP contribution in [0.4, 0.5) is 0 Å². The molecule has 104 valence electrons. The van der Waals surface area contributed by atoms with Crippen LogP contribution in [0.3, 0.4) is 0 Å². The van der Waals surface area contributed by atoms with Gasteiger partial charge in [0.1, 0.15) is 12.7 Å². The first-order chi connectivity index (χ1) is 9.24. The average molecular weight is 302 g/mol. The highest BCUT2D eigenvalue weighted by Crippen LogP contribution is 2.25. The molecule has 1 aliphatic rings. The Morgan fingerprint density at radius 1 is 1.42 bits per heavy atom. The molecule has 0 radical (unpaired) electrons. The zero-order valence-corrected chi connectivity index (χ0v) is 12.2. The van der Waals surface area contributed by atoms with E-state index >= 15 is 0 Å². The van der Waals surface area contributed by atoms with Gasteiger partial charge in [-0.3, -0.25) is 0 Å². The Morgan fingerprint density at radius 2 is 2.16 bits per heavy atom. The van der Waals surface area contributed by atoms with Crippen LogP contribution in [-0.2, 0) is 4.74 Å². The summed E-state index contributed by atoms with van der Waals surface area (Å²) in [6, 6.07) is 7.55. The molecule has 1 aromatic rings. The van der Waals surface area contributed by atoms with Gasteiger partial charge >= 0.3 is 0 Å². The summed E-state index contributed by atoms with van der Waals surface area (Å²) in [5, 5.41) is 0.495. The van der Waals surface area contributed by atoms with E-state index in [0.29, 0.717) is 24.2 Å². The molecule has 1 aliphatic heterocycles. The molecule has 1 atom stereocenters. The molecule has 0 unspecified atom stereocenters. The fourth-order valence-corrected chi connectivity index (χ4v) is 2.30. The van der Waals surface area contributed by atoms with E-state index in [1.165, 1.54) is 0 Å². The van der Waals surface area contributed by atoms with E-state index in [2.05, 4.69) is 0 Å². The minimum Gasteiger partial charge on any atom is -0.493 e. The number of hydrogen-bond acceptors (Lipinski definition) is 4. The fourth-order valence-electron chi connectivity index (χ4n) is 1.84. The van der Waals surface area contributed by atoms with E-state index < -0.39 is 0 Å². The SMILES string of the molecule is COc1ccccc1OCCN1C[C@@H](CCl)OC1=S. The summed E-state index contributed by atoms with van der Waals surface area (Å²) < 4.78 is 16.3. The molecule has 0 aromatic heterocycles. The van der Waals surface area contributed by atoms with Crippen molar-refractivity contribution in [2.24, 2.45) is 0 Å². The van der Waals surface area contributed by atoms with Gasteiger partial charge in [-0.25, -0.2) is 0 Å². The molecule has 0 N–H and O–H groups in total. The maximum atomic E-state index is 5.75. The van der Waals surface area contributed by atoms with Gasteiger partial charge in [0.2, 0.25) is 0 Å². The van der Waals surface area contributed by atoms with E-state index in [0.717, 1.165) is 18.0 Å². The standard InChI is InChI=1S/C13H16ClNO3S/c1-16-11-4-2-3-5-12(11)17-7-6-15-9-10(8-14)18-13(15)19/h2-5,10H,6-9H2,1H3/t10-/m1/s1. The topological polar surface area (TPSA) is 30.9 Å². The number of methoxy groups -OCH3 is 1. The van der Waals surface area contributed by atoms with E-state index in [1.54, 1.807) is 7.11 Å². The molecule has 2 rings (SSSR count). The Morgan fingerprint density at radius 3 is 2.79 bits per heavy atom. The number of nitrogens with zero attached hydrogens (tertiary/aromatic N) is 1. The van der Waals surface area contributed by atoms with Crippen molar-refractivity contribution >= 4 is 29.0 Å². The Balaban J connectivity index is 1.82. The Hall–Kier alpha value is -1.20. The predicted molar refractivity (Wildman–Crippen MR) is 78.3 cm³/mol. The number of thiocarbonyl (C=S) groups is 1. The molecule has 1 saturated heterocycles. The Labute approximate surface area is 123 Å². The van der Waals surface area contributed by atoms with Gasteiger partial charge in [-0.15, -0.1) is 11.6 Å². The smallest absolute Gasteiger partial charge is 0.259 e. The van der Waals surface area contributed by atoms with Crippen LogP contribution in [-0.4, -0.2) is 48.9 Å².